The van der Waals surface area contributed by atoms with Gasteiger partial charge < -0.3 is 15.1 Å². The van der Waals surface area contributed by atoms with Crippen LogP contribution in [0.25, 0.3) is 0 Å². The van der Waals surface area contributed by atoms with Crippen molar-refractivity contribution in [1.29, 1.82) is 0 Å². The summed E-state index contributed by atoms with van der Waals surface area (Å²) in [6.45, 7) is 9.73. The number of nitrogens with zero attached hydrogens (tertiary/aromatic N) is 2. The van der Waals surface area contributed by atoms with Crippen molar-refractivity contribution >= 4 is 21.6 Å². The zero-order chi connectivity index (χ0) is 23.1. The summed E-state index contributed by atoms with van der Waals surface area (Å²) in [5, 5.41) is 2.94. The van der Waals surface area contributed by atoms with E-state index in [1.807, 2.05) is 19.9 Å². The van der Waals surface area contributed by atoms with Gasteiger partial charge in [-0.05, 0) is 75.7 Å². The molecule has 0 spiro atoms. The van der Waals surface area contributed by atoms with Gasteiger partial charge in [0.2, 0.25) is 0 Å². The standard InChI is InChI=1S/C24H34N4O3S/c1-19-7-6-8-21(17-19)26-32(30,31)22-10-9-20(2)23(18-22)24(29)25-11-4-5-12-28-15-13-27(3)14-16-28/h6-10,17-18,26H,4-5,11-16H2,1-3H3,(H,25,29). The zero-order valence-corrected chi connectivity index (χ0v) is 20.0. The quantitative estimate of drug-likeness (QED) is 0.565. The number of carbonyl (C=O) groups excluding carboxylic acids is 1. The number of aryl methyl sites for hydroxylation is 2. The van der Waals surface area contributed by atoms with Crippen LogP contribution in [0.4, 0.5) is 5.69 Å². The molecule has 0 radical (unpaired) electrons. The normalized spacial score (nSPS) is 15.5. The van der Waals surface area contributed by atoms with Crippen LogP contribution in [0.15, 0.2) is 47.4 Å². The van der Waals surface area contributed by atoms with Crippen molar-refractivity contribution in [2.24, 2.45) is 0 Å². The Labute approximate surface area is 191 Å². The predicted octanol–water partition coefficient (Wildman–Crippen LogP) is 2.86. The molecule has 7 nitrogen and oxygen atoms in total. The van der Waals surface area contributed by atoms with Crippen LogP contribution in [0.3, 0.4) is 0 Å². The number of amides is 1. The molecule has 0 bridgehead atoms. The lowest BCUT2D eigenvalue weighted by molar-refractivity contribution is 0.0951. The average molecular weight is 459 g/mol. The highest BCUT2D eigenvalue weighted by molar-refractivity contribution is 7.92. The third kappa shape index (κ3) is 6.79. The van der Waals surface area contributed by atoms with Gasteiger partial charge in [-0.15, -0.1) is 0 Å². The summed E-state index contributed by atoms with van der Waals surface area (Å²) in [4.78, 5) is 17.6. The Hall–Kier alpha value is -2.42. The Morgan fingerprint density at radius 3 is 2.47 bits per heavy atom. The minimum Gasteiger partial charge on any atom is -0.352 e. The molecule has 0 aromatic heterocycles. The van der Waals surface area contributed by atoms with E-state index in [-0.39, 0.29) is 10.8 Å². The van der Waals surface area contributed by atoms with Gasteiger partial charge in [-0.2, -0.15) is 0 Å². The van der Waals surface area contributed by atoms with Crippen LogP contribution in [0.1, 0.15) is 34.3 Å². The number of unbranched alkanes of at least 4 members (excludes halogenated alkanes) is 1. The number of anilines is 1. The maximum Gasteiger partial charge on any atom is 0.261 e. The molecule has 1 amide bonds. The lowest BCUT2D eigenvalue weighted by atomic mass is 10.1. The van der Waals surface area contributed by atoms with Gasteiger partial charge in [0.25, 0.3) is 15.9 Å². The van der Waals surface area contributed by atoms with Crippen molar-refractivity contribution in [2.75, 3.05) is 51.0 Å². The molecule has 0 unspecified atom stereocenters. The van der Waals surface area contributed by atoms with E-state index in [0.717, 1.165) is 56.7 Å². The van der Waals surface area contributed by atoms with E-state index in [4.69, 9.17) is 0 Å². The van der Waals surface area contributed by atoms with Crippen molar-refractivity contribution < 1.29 is 13.2 Å². The van der Waals surface area contributed by atoms with Gasteiger partial charge in [0.15, 0.2) is 0 Å². The largest absolute Gasteiger partial charge is 0.352 e. The summed E-state index contributed by atoms with van der Waals surface area (Å²) in [5.41, 5.74) is 2.59. The van der Waals surface area contributed by atoms with Gasteiger partial charge in [-0.3, -0.25) is 9.52 Å². The van der Waals surface area contributed by atoms with E-state index in [2.05, 4.69) is 26.9 Å². The number of rotatable bonds is 9. The van der Waals surface area contributed by atoms with E-state index in [1.165, 1.54) is 12.1 Å². The molecule has 3 rings (SSSR count). The minimum absolute atomic E-state index is 0.0739. The highest BCUT2D eigenvalue weighted by Gasteiger charge is 2.18. The van der Waals surface area contributed by atoms with Crippen molar-refractivity contribution in [3.05, 3.63) is 59.2 Å². The summed E-state index contributed by atoms with van der Waals surface area (Å²) < 4.78 is 28.2. The minimum atomic E-state index is -3.79. The first-order chi connectivity index (χ1) is 15.2. The Bertz CT molecular complexity index is 1030. The summed E-state index contributed by atoms with van der Waals surface area (Å²) in [5.74, 6) is -0.241. The number of hydrogen-bond acceptors (Lipinski definition) is 5. The smallest absolute Gasteiger partial charge is 0.261 e. The number of hydrogen-bond donors (Lipinski definition) is 2. The lowest BCUT2D eigenvalue weighted by Gasteiger charge is -2.32. The van der Waals surface area contributed by atoms with E-state index < -0.39 is 10.0 Å². The van der Waals surface area contributed by atoms with Crippen LogP contribution in [0.5, 0.6) is 0 Å². The van der Waals surface area contributed by atoms with E-state index >= 15 is 0 Å². The van der Waals surface area contributed by atoms with Gasteiger partial charge in [-0.1, -0.05) is 18.2 Å². The summed E-state index contributed by atoms with van der Waals surface area (Å²) in [6, 6.07) is 11.8. The van der Waals surface area contributed by atoms with Gasteiger partial charge in [0.1, 0.15) is 0 Å². The molecule has 32 heavy (non-hydrogen) atoms. The second-order valence-corrected chi connectivity index (χ2v) is 10.2. The van der Waals surface area contributed by atoms with E-state index in [1.54, 1.807) is 24.3 Å². The third-order valence-corrected chi connectivity index (χ3v) is 7.20. The molecule has 2 aromatic rings. The highest BCUT2D eigenvalue weighted by atomic mass is 32.2. The fourth-order valence-electron chi connectivity index (χ4n) is 3.76. The summed E-state index contributed by atoms with van der Waals surface area (Å²) in [7, 11) is -1.64. The molecule has 1 aliphatic rings. The Kier molecular flexibility index (Phi) is 8.28. The first-order valence-corrected chi connectivity index (χ1v) is 12.6. The zero-order valence-electron chi connectivity index (χ0n) is 19.2. The fraction of sp³-hybridized carbons (Fsp3) is 0.458. The van der Waals surface area contributed by atoms with Crippen LogP contribution in [-0.4, -0.2) is 70.4 Å². The molecule has 174 valence electrons. The predicted molar refractivity (Wildman–Crippen MR) is 129 cm³/mol. The van der Waals surface area contributed by atoms with Crippen molar-refractivity contribution in [2.45, 2.75) is 31.6 Å². The molecular formula is C24H34N4O3S. The summed E-state index contributed by atoms with van der Waals surface area (Å²) >= 11 is 0. The second-order valence-electron chi connectivity index (χ2n) is 8.56. The third-order valence-electron chi connectivity index (χ3n) is 5.82. The monoisotopic (exact) mass is 458 g/mol. The SMILES string of the molecule is Cc1cccc(NS(=O)(=O)c2ccc(C)c(C(=O)NCCCCN3CCN(C)CC3)c2)c1. The van der Waals surface area contributed by atoms with Gasteiger partial charge in [-0.25, -0.2) is 8.42 Å². The molecule has 2 aromatic carbocycles. The molecule has 0 atom stereocenters. The van der Waals surface area contributed by atoms with Crippen molar-refractivity contribution in [3.63, 3.8) is 0 Å². The van der Waals surface area contributed by atoms with Crippen molar-refractivity contribution in [1.82, 2.24) is 15.1 Å². The van der Waals surface area contributed by atoms with Crippen LogP contribution >= 0.6 is 0 Å². The van der Waals surface area contributed by atoms with Crippen LogP contribution < -0.4 is 10.0 Å². The van der Waals surface area contributed by atoms with Crippen LogP contribution in [-0.2, 0) is 10.0 Å². The van der Waals surface area contributed by atoms with Gasteiger partial charge >= 0.3 is 0 Å². The number of sulfonamides is 1. The molecule has 2 N–H and O–H groups in total. The number of likely N-dealkylation sites (N-methyl/N-ethyl adjacent to an activating group) is 1. The summed E-state index contributed by atoms with van der Waals surface area (Å²) in [6.07, 6.45) is 1.92. The molecule has 1 saturated heterocycles. The maximum absolute atomic E-state index is 12.8. The molecule has 8 heteroatoms. The Morgan fingerprint density at radius 1 is 1.00 bits per heavy atom. The number of carbonyl (C=O) groups is 1. The molecule has 1 aliphatic heterocycles. The molecule has 0 saturated carbocycles. The van der Waals surface area contributed by atoms with Crippen LogP contribution in [0.2, 0.25) is 0 Å². The number of nitrogens with one attached hydrogen (secondary N) is 2. The fourth-order valence-corrected chi connectivity index (χ4v) is 4.84. The highest BCUT2D eigenvalue weighted by Crippen LogP contribution is 2.20. The first-order valence-electron chi connectivity index (χ1n) is 11.1. The molecule has 0 aliphatic carbocycles. The second kappa shape index (κ2) is 10.9. The Balaban J connectivity index is 1.54. The van der Waals surface area contributed by atoms with Crippen molar-refractivity contribution in [3.8, 4) is 0 Å². The average Bonchev–Trinajstić information content (AvgIpc) is 2.74. The lowest BCUT2D eigenvalue weighted by Crippen LogP contribution is -2.44. The molecular weight excluding hydrogens is 424 g/mol. The Morgan fingerprint density at radius 2 is 1.75 bits per heavy atom. The number of piperazine rings is 1. The van der Waals surface area contributed by atoms with Crippen LogP contribution in [0, 0.1) is 13.8 Å². The van der Waals surface area contributed by atoms with Gasteiger partial charge in [0, 0.05) is 44.0 Å². The maximum atomic E-state index is 12.8. The van der Waals surface area contributed by atoms with E-state index in [9.17, 15) is 13.2 Å². The van der Waals surface area contributed by atoms with E-state index in [0.29, 0.717) is 17.8 Å². The number of benzene rings is 2. The van der Waals surface area contributed by atoms with Gasteiger partial charge in [0.05, 0.1) is 4.90 Å². The topological polar surface area (TPSA) is 81.7 Å². The molecule has 1 heterocycles. The first kappa shape index (κ1) is 24.2. The molecule has 1 fully saturated rings.